The highest BCUT2D eigenvalue weighted by Crippen LogP contribution is 2.13. The first-order valence-corrected chi connectivity index (χ1v) is 5.84. The molecular weight excluding hydrogens is 222 g/mol. The third kappa shape index (κ3) is 6.94. The fraction of sp³-hybridized carbons (Fsp3) is 0.833. The van der Waals surface area contributed by atoms with E-state index in [4.69, 9.17) is 9.84 Å². The second-order valence-electron chi connectivity index (χ2n) is 4.83. The van der Waals surface area contributed by atoms with Gasteiger partial charge in [-0.15, -0.1) is 0 Å². The lowest BCUT2D eigenvalue weighted by Crippen LogP contribution is -2.51. The molecule has 0 aromatic carbocycles. The summed E-state index contributed by atoms with van der Waals surface area (Å²) in [7, 11) is 1.49. The minimum atomic E-state index is -0.951. The molecule has 5 heteroatoms. The lowest BCUT2D eigenvalue weighted by atomic mass is 9.97. The zero-order chi connectivity index (χ0) is 13.5. The van der Waals surface area contributed by atoms with Gasteiger partial charge in [0.05, 0.1) is 18.6 Å². The van der Waals surface area contributed by atoms with Crippen LogP contribution in [-0.4, -0.2) is 36.2 Å². The molecule has 0 saturated carbocycles. The topological polar surface area (TPSA) is 75.6 Å². The van der Waals surface area contributed by atoms with Crippen LogP contribution in [0.5, 0.6) is 0 Å². The van der Waals surface area contributed by atoms with E-state index in [2.05, 4.69) is 5.32 Å². The summed E-state index contributed by atoms with van der Waals surface area (Å²) in [6, 6.07) is 0. The summed E-state index contributed by atoms with van der Waals surface area (Å²) in [5, 5.41) is 11.6. The van der Waals surface area contributed by atoms with Crippen molar-refractivity contribution >= 4 is 11.9 Å². The van der Waals surface area contributed by atoms with Gasteiger partial charge in [-0.25, -0.2) is 0 Å². The Bertz CT molecular complexity index is 267. The molecule has 0 aliphatic carbocycles. The average Bonchev–Trinajstić information content (AvgIpc) is 2.15. The van der Waals surface area contributed by atoms with Crippen LogP contribution in [0.15, 0.2) is 0 Å². The molecule has 100 valence electrons. The number of hydrogen-bond acceptors (Lipinski definition) is 3. The zero-order valence-corrected chi connectivity index (χ0v) is 11.1. The molecule has 0 rings (SSSR count). The number of carboxylic acid groups (broad SMARTS) is 1. The lowest BCUT2D eigenvalue weighted by Gasteiger charge is -2.29. The molecule has 2 unspecified atom stereocenters. The first-order valence-electron chi connectivity index (χ1n) is 5.84. The Labute approximate surface area is 103 Å². The van der Waals surface area contributed by atoms with Crippen molar-refractivity contribution in [3.05, 3.63) is 0 Å². The number of carbonyl (C=O) groups is 2. The number of amides is 1. The standard InChI is InChI=1S/C12H23NO4/c1-5-9(2)6-10(14)13-12(3,8-17-4)7-11(15)16/h9H,5-8H2,1-4H3,(H,13,14)(H,15,16). The number of ether oxygens (including phenoxy) is 1. The highest BCUT2D eigenvalue weighted by Gasteiger charge is 2.29. The maximum atomic E-state index is 11.7. The van der Waals surface area contributed by atoms with E-state index in [0.29, 0.717) is 12.3 Å². The molecule has 1 amide bonds. The Balaban J connectivity index is 4.42. The quantitative estimate of drug-likeness (QED) is 0.678. The van der Waals surface area contributed by atoms with Gasteiger partial charge in [0, 0.05) is 13.5 Å². The molecule has 0 spiro atoms. The molecule has 2 atom stereocenters. The van der Waals surface area contributed by atoms with Crippen LogP contribution >= 0.6 is 0 Å². The van der Waals surface area contributed by atoms with Crippen molar-refractivity contribution in [1.82, 2.24) is 5.32 Å². The van der Waals surface area contributed by atoms with E-state index in [0.717, 1.165) is 6.42 Å². The fourth-order valence-electron chi connectivity index (χ4n) is 1.63. The highest BCUT2D eigenvalue weighted by atomic mass is 16.5. The van der Waals surface area contributed by atoms with E-state index in [9.17, 15) is 9.59 Å². The van der Waals surface area contributed by atoms with Crippen molar-refractivity contribution in [2.45, 2.75) is 45.6 Å². The third-order valence-electron chi connectivity index (χ3n) is 2.68. The maximum absolute atomic E-state index is 11.7. The molecule has 0 aliphatic rings. The van der Waals surface area contributed by atoms with E-state index in [-0.39, 0.29) is 18.9 Å². The van der Waals surface area contributed by atoms with Crippen molar-refractivity contribution in [2.24, 2.45) is 5.92 Å². The van der Waals surface area contributed by atoms with Crippen LogP contribution in [0.2, 0.25) is 0 Å². The number of nitrogens with one attached hydrogen (secondary N) is 1. The van der Waals surface area contributed by atoms with Gasteiger partial charge in [0.2, 0.25) is 5.91 Å². The molecule has 0 radical (unpaired) electrons. The molecule has 2 N–H and O–H groups in total. The molecule has 0 aliphatic heterocycles. The van der Waals surface area contributed by atoms with Crippen molar-refractivity contribution < 1.29 is 19.4 Å². The largest absolute Gasteiger partial charge is 0.481 e. The van der Waals surface area contributed by atoms with Gasteiger partial charge in [-0.1, -0.05) is 20.3 Å². The van der Waals surface area contributed by atoms with Crippen molar-refractivity contribution in [3.8, 4) is 0 Å². The molecule has 0 fully saturated rings. The summed E-state index contributed by atoms with van der Waals surface area (Å²) in [6.45, 7) is 5.87. The zero-order valence-electron chi connectivity index (χ0n) is 11.1. The van der Waals surface area contributed by atoms with Crippen LogP contribution in [0.4, 0.5) is 0 Å². The molecule has 0 heterocycles. The number of hydrogen-bond donors (Lipinski definition) is 2. The first kappa shape index (κ1) is 15.9. The smallest absolute Gasteiger partial charge is 0.305 e. The van der Waals surface area contributed by atoms with Crippen molar-refractivity contribution in [1.29, 1.82) is 0 Å². The Morgan fingerprint density at radius 2 is 2.06 bits per heavy atom. The van der Waals surface area contributed by atoms with Crippen LogP contribution in [0.1, 0.15) is 40.0 Å². The van der Waals surface area contributed by atoms with Gasteiger partial charge in [-0.05, 0) is 12.8 Å². The van der Waals surface area contributed by atoms with Gasteiger partial charge in [-0.3, -0.25) is 9.59 Å². The van der Waals surface area contributed by atoms with Gasteiger partial charge >= 0.3 is 5.97 Å². The lowest BCUT2D eigenvalue weighted by molar-refractivity contribution is -0.139. The van der Waals surface area contributed by atoms with E-state index in [1.54, 1.807) is 6.92 Å². The van der Waals surface area contributed by atoms with E-state index in [1.807, 2.05) is 13.8 Å². The first-order chi connectivity index (χ1) is 7.83. The number of rotatable bonds is 8. The highest BCUT2D eigenvalue weighted by molar-refractivity contribution is 5.78. The minimum absolute atomic E-state index is 0.125. The van der Waals surface area contributed by atoms with Gasteiger partial charge in [-0.2, -0.15) is 0 Å². The number of methoxy groups -OCH3 is 1. The Kier molecular flexibility index (Phi) is 6.80. The van der Waals surface area contributed by atoms with E-state index in [1.165, 1.54) is 7.11 Å². The van der Waals surface area contributed by atoms with E-state index >= 15 is 0 Å². The summed E-state index contributed by atoms with van der Waals surface area (Å²) >= 11 is 0. The normalized spacial score (nSPS) is 16.0. The SMILES string of the molecule is CCC(C)CC(=O)NC(C)(COC)CC(=O)O. The van der Waals surface area contributed by atoms with E-state index < -0.39 is 11.5 Å². The molecule has 17 heavy (non-hydrogen) atoms. The maximum Gasteiger partial charge on any atom is 0.305 e. The molecular formula is C12H23NO4. The van der Waals surface area contributed by atoms with Gasteiger partial charge in [0.1, 0.15) is 0 Å². The van der Waals surface area contributed by atoms with Gasteiger partial charge in [0.25, 0.3) is 0 Å². The Hall–Kier alpha value is -1.10. The summed E-state index contributed by atoms with van der Waals surface area (Å²) < 4.78 is 4.96. The number of carboxylic acids is 1. The Morgan fingerprint density at radius 1 is 1.47 bits per heavy atom. The number of aliphatic carboxylic acids is 1. The van der Waals surface area contributed by atoms with Crippen LogP contribution in [0.3, 0.4) is 0 Å². The predicted molar refractivity (Wildman–Crippen MR) is 64.7 cm³/mol. The summed E-state index contributed by atoms with van der Waals surface area (Å²) in [5.41, 5.74) is -0.842. The van der Waals surface area contributed by atoms with Gasteiger partial charge in [0.15, 0.2) is 0 Å². The van der Waals surface area contributed by atoms with Crippen LogP contribution in [0, 0.1) is 5.92 Å². The second-order valence-corrected chi connectivity index (χ2v) is 4.83. The molecule has 5 nitrogen and oxygen atoms in total. The summed E-state index contributed by atoms with van der Waals surface area (Å²) in [5.74, 6) is -0.778. The molecule has 0 saturated heterocycles. The average molecular weight is 245 g/mol. The summed E-state index contributed by atoms with van der Waals surface area (Å²) in [6.07, 6.45) is 1.19. The number of carbonyl (C=O) groups excluding carboxylic acids is 1. The molecule has 0 aromatic heterocycles. The third-order valence-corrected chi connectivity index (χ3v) is 2.68. The van der Waals surface area contributed by atoms with Crippen molar-refractivity contribution in [2.75, 3.05) is 13.7 Å². The second kappa shape index (κ2) is 7.27. The summed E-state index contributed by atoms with van der Waals surface area (Å²) in [4.78, 5) is 22.5. The van der Waals surface area contributed by atoms with Crippen LogP contribution in [-0.2, 0) is 14.3 Å². The predicted octanol–water partition coefficient (Wildman–Crippen LogP) is 1.42. The minimum Gasteiger partial charge on any atom is -0.481 e. The van der Waals surface area contributed by atoms with Crippen molar-refractivity contribution in [3.63, 3.8) is 0 Å². The Morgan fingerprint density at radius 3 is 2.47 bits per heavy atom. The molecule has 0 aromatic rings. The fourth-order valence-corrected chi connectivity index (χ4v) is 1.63. The van der Waals surface area contributed by atoms with Gasteiger partial charge < -0.3 is 15.2 Å². The monoisotopic (exact) mass is 245 g/mol. The molecule has 0 bridgehead atoms. The van der Waals surface area contributed by atoms with Crippen LogP contribution in [0.25, 0.3) is 0 Å². The van der Waals surface area contributed by atoms with Crippen LogP contribution < -0.4 is 5.32 Å².